The number of ether oxygens (including phenoxy) is 2. The molecule has 3 aromatic rings. The van der Waals surface area contributed by atoms with E-state index in [4.69, 9.17) is 9.47 Å². The third-order valence-corrected chi connectivity index (χ3v) is 3.71. The molecule has 0 radical (unpaired) electrons. The number of amides is 1. The molecule has 0 bridgehead atoms. The molecule has 0 unspecified atom stereocenters. The summed E-state index contributed by atoms with van der Waals surface area (Å²) >= 11 is 1.39. The lowest BCUT2D eigenvalue weighted by Gasteiger charge is -2.10. The molecule has 116 valence electrons. The van der Waals surface area contributed by atoms with Crippen molar-refractivity contribution in [2.75, 3.05) is 12.4 Å². The minimum Gasteiger partial charge on any atom is -0.495 e. The molecule has 6 heteroatoms. The van der Waals surface area contributed by atoms with Crippen LogP contribution >= 0.6 is 11.3 Å². The summed E-state index contributed by atoms with van der Waals surface area (Å²) in [5, 5.41) is 5.19. The van der Waals surface area contributed by atoms with Gasteiger partial charge in [0.15, 0.2) is 0 Å². The molecule has 0 aliphatic carbocycles. The van der Waals surface area contributed by atoms with Crippen LogP contribution < -0.4 is 14.8 Å². The maximum absolute atomic E-state index is 12.4. The lowest BCUT2D eigenvalue weighted by atomic mass is 10.2. The van der Waals surface area contributed by atoms with Crippen molar-refractivity contribution >= 4 is 22.9 Å². The van der Waals surface area contributed by atoms with E-state index >= 15 is 0 Å². The van der Waals surface area contributed by atoms with Crippen molar-refractivity contribution in [3.63, 3.8) is 0 Å². The second-order valence-electron chi connectivity index (χ2n) is 4.58. The van der Waals surface area contributed by atoms with Gasteiger partial charge in [-0.2, -0.15) is 0 Å². The van der Waals surface area contributed by atoms with E-state index in [1.165, 1.54) is 11.3 Å². The van der Waals surface area contributed by atoms with E-state index in [1.54, 1.807) is 49.7 Å². The summed E-state index contributed by atoms with van der Waals surface area (Å²) in [5.74, 6) is 0.933. The van der Waals surface area contributed by atoms with Crippen molar-refractivity contribution < 1.29 is 14.3 Å². The third kappa shape index (κ3) is 3.67. The summed E-state index contributed by atoms with van der Waals surface area (Å²) in [6.07, 6.45) is 1.66. The zero-order valence-corrected chi connectivity index (χ0v) is 13.2. The molecule has 1 heterocycles. The van der Waals surface area contributed by atoms with Crippen LogP contribution in [-0.4, -0.2) is 18.0 Å². The van der Waals surface area contributed by atoms with Gasteiger partial charge < -0.3 is 14.8 Å². The van der Waals surface area contributed by atoms with Crippen molar-refractivity contribution in [1.82, 2.24) is 4.98 Å². The Bertz CT molecular complexity index is 803. The fourth-order valence-corrected chi connectivity index (χ4v) is 2.51. The molecule has 0 spiro atoms. The smallest absolute Gasteiger partial charge is 0.278 e. The Kier molecular flexibility index (Phi) is 4.54. The fourth-order valence-electron chi connectivity index (χ4n) is 2.00. The number of aromatic nitrogens is 1. The van der Waals surface area contributed by atoms with Gasteiger partial charge in [-0.1, -0.05) is 29.5 Å². The van der Waals surface area contributed by atoms with Gasteiger partial charge in [0.2, 0.25) is 0 Å². The van der Waals surface area contributed by atoms with Gasteiger partial charge in [-0.05, 0) is 30.3 Å². The second kappa shape index (κ2) is 6.93. The molecule has 0 saturated carbocycles. The van der Waals surface area contributed by atoms with Crippen molar-refractivity contribution in [2.24, 2.45) is 0 Å². The van der Waals surface area contributed by atoms with Gasteiger partial charge in [0, 0.05) is 17.1 Å². The predicted octanol–water partition coefficient (Wildman–Crippen LogP) is 4.20. The van der Waals surface area contributed by atoms with Crippen LogP contribution in [0.15, 0.2) is 60.1 Å². The molecule has 1 amide bonds. The van der Waals surface area contributed by atoms with Crippen LogP contribution in [0, 0.1) is 0 Å². The monoisotopic (exact) mass is 326 g/mol. The van der Waals surface area contributed by atoms with E-state index in [1.807, 2.05) is 17.5 Å². The van der Waals surface area contributed by atoms with E-state index in [-0.39, 0.29) is 5.91 Å². The minimum atomic E-state index is -0.237. The van der Waals surface area contributed by atoms with Gasteiger partial charge >= 0.3 is 0 Å². The number of rotatable bonds is 5. The number of hydrogen-bond donors (Lipinski definition) is 1. The summed E-state index contributed by atoms with van der Waals surface area (Å²) in [6.45, 7) is 0. The van der Waals surface area contributed by atoms with Crippen LogP contribution in [-0.2, 0) is 0 Å². The standard InChI is InChI=1S/C17H14N2O3S/c1-21-15-8-3-2-7-14(15)19-16(20)12-5-4-6-13(11-12)22-17-18-9-10-23-17/h2-11H,1H3,(H,19,20). The average molecular weight is 326 g/mol. The number of anilines is 1. The number of nitrogens with zero attached hydrogens (tertiary/aromatic N) is 1. The SMILES string of the molecule is COc1ccccc1NC(=O)c1cccc(Oc2nccs2)c1. The van der Waals surface area contributed by atoms with Crippen LogP contribution in [0.5, 0.6) is 16.7 Å². The zero-order chi connectivity index (χ0) is 16.1. The number of hydrogen-bond acceptors (Lipinski definition) is 5. The summed E-state index contributed by atoms with van der Waals surface area (Å²) in [5.41, 5.74) is 1.11. The molecule has 3 rings (SSSR count). The fraction of sp³-hybridized carbons (Fsp3) is 0.0588. The summed E-state index contributed by atoms with van der Waals surface area (Å²) in [7, 11) is 1.56. The molecule has 0 aliphatic heterocycles. The molecular formula is C17H14N2O3S. The summed E-state index contributed by atoms with van der Waals surface area (Å²) in [6, 6.07) is 14.2. The van der Waals surface area contributed by atoms with Crippen LogP contribution in [0.3, 0.4) is 0 Å². The number of para-hydroxylation sites is 2. The van der Waals surface area contributed by atoms with Gasteiger partial charge in [-0.3, -0.25) is 4.79 Å². The molecule has 0 aliphatic rings. The van der Waals surface area contributed by atoms with Crippen molar-refractivity contribution in [3.8, 4) is 16.7 Å². The van der Waals surface area contributed by atoms with E-state index in [2.05, 4.69) is 10.3 Å². The minimum absolute atomic E-state index is 0.237. The van der Waals surface area contributed by atoms with E-state index in [0.29, 0.717) is 27.9 Å². The highest BCUT2D eigenvalue weighted by Gasteiger charge is 2.10. The third-order valence-electron chi connectivity index (χ3n) is 3.07. The highest BCUT2D eigenvalue weighted by Crippen LogP contribution is 2.26. The molecule has 5 nitrogen and oxygen atoms in total. The Morgan fingerprint density at radius 1 is 1.17 bits per heavy atom. The van der Waals surface area contributed by atoms with E-state index in [0.717, 1.165) is 0 Å². The molecule has 2 aromatic carbocycles. The van der Waals surface area contributed by atoms with Gasteiger partial charge in [0.1, 0.15) is 11.5 Å². The molecule has 0 fully saturated rings. The van der Waals surface area contributed by atoms with Gasteiger partial charge in [-0.15, -0.1) is 0 Å². The molecule has 0 saturated heterocycles. The molecule has 1 N–H and O–H groups in total. The highest BCUT2D eigenvalue weighted by atomic mass is 32.1. The Labute approximate surface area is 137 Å². The maximum Gasteiger partial charge on any atom is 0.278 e. The number of methoxy groups -OCH3 is 1. The Morgan fingerprint density at radius 3 is 2.83 bits per heavy atom. The lowest BCUT2D eigenvalue weighted by molar-refractivity contribution is 0.102. The largest absolute Gasteiger partial charge is 0.495 e. The van der Waals surface area contributed by atoms with Gasteiger partial charge in [-0.25, -0.2) is 4.98 Å². The topological polar surface area (TPSA) is 60.5 Å². The van der Waals surface area contributed by atoms with E-state index in [9.17, 15) is 4.79 Å². The Morgan fingerprint density at radius 2 is 2.04 bits per heavy atom. The predicted molar refractivity (Wildman–Crippen MR) is 89.6 cm³/mol. The van der Waals surface area contributed by atoms with Crippen LogP contribution in [0.2, 0.25) is 0 Å². The first-order valence-electron chi connectivity index (χ1n) is 6.88. The number of carbonyl (C=O) groups is 1. The van der Waals surface area contributed by atoms with Gasteiger partial charge in [0.05, 0.1) is 12.8 Å². The number of carbonyl (C=O) groups excluding carboxylic acids is 1. The summed E-state index contributed by atoms with van der Waals surface area (Å²) < 4.78 is 10.8. The maximum atomic E-state index is 12.4. The van der Waals surface area contributed by atoms with Crippen molar-refractivity contribution in [2.45, 2.75) is 0 Å². The van der Waals surface area contributed by atoms with Crippen molar-refractivity contribution in [3.05, 3.63) is 65.7 Å². The average Bonchev–Trinajstić information content (AvgIpc) is 3.08. The number of nitrogens with one attached hydrogen (secondary N) is 1. The lowest BCUT2D eigenvalue weighted by Crippen LogP contribution is -2.12. The Balaban J connectivity index is 1.77. The first kappa shape index (κ1) is 15.1. The number of thiazole rings is 1. The molecule has 23 heavy (non-hydrogen) atoms. The quantitative estimate of drug-likeness (QED) is 0.763. The molecule has 0 atom stereocenters. The first-order chi connectivity index (χ1) is 11.3. The van der Waals surface area contributed by atoms with E-state index < -0.39 is 0 Å². The van der Waals surface area contributed by atoms with Crippen LogP contribution in [0.1, 0.15) is 10.4 Å². The van der Waals surface area contributed by atoms with Crippen molar-refractivity contribution in [1.29, 1.82) is 0 Å². The Hall–Kier alpha value is -2.86. The van der Waals surface area contributed by atoms with Crippen LogP contribution in [0.4, 0.5) is 5.69 Å². The first-order valence-corrected chi connectivity index (χ1v) is 7.76. The highest BCUT2D eigenvalue weighted by molar-refractivity contribution is 7.11. The summed E-state index contributed by atoms with van der Waals surface area (Å²) in [4.78, 5) is 16.5. The van der Waals surface area contributed by atoms with Gasteiger partial charge in [0.25, 0.3) is 11.1 Å². The van der Waals surface area contributed by atoms with Crippen LogP contribution in [0.25, 0.3) is 0 Å². The zero-order valence-electron chi connectivity index (χ0n) is 12.4. The number of benzene rings is 2. The molecule has 1 aromatic heterocycles. The normalized spacial score (nSPS) is 10.1. The molecular weight excluding hydrogens is 312 g/mol. The second-order valence-corrected chi connectivity index (χ2v) is 5.44.